The SMILES string of the molecule is NCCc1ccc2n1Cc1ccccc1N(C(=O)c1ccc(-c3ccccc3-c3ccccc3C(=O)O)cc1Cl)C2. The number of anilines is 1. The highest BCUT2D eigenvalue weighted by atomic mass is 35.5. The number of carbonyl (C=O) groups excluding carboxylic acids is 1. The van der Waals surface area contributed by atoms with Crippen molar-refractivity contribution in [3.8, 4) is 22.3 Å². The number of aromatic carboxylic acids is 1. The zero-order valence-electron chi connectivity index (χ0n) is 22.3. The fourth-order valence-corrected chi connectivity index (χ4v) is 5.91. The fraction of sp³-hybridized carbons (Fsp3) is 0.118. The lowest BCUT2D eigenvalue weighted by Crippen LogP contribution is -2.30. The van der Waals surface area contributed by atoms with Crippen molar-refractivity contribution in [2.75, 3.05) is 11.4 Å². The van der Waals surface area contributed by atoms with Gasteiger partial charge in [-0.25, -0.2) is 4.79 Å². The number of hydrogen-bond donors (Lipinski definition) is 2. The van der Waals surface area contributed by atoms with Gasteiger partial charge in [-0.05, 0) is 77.2 Å². The van der Waals surface area contributed by atoms with Crippen LogP contribution in [0.15, 0.2) is 103 Å². The van der Waals surface area contributed by atoms with Crippen LogP contribution in [0.4, 0.5) is 5.69 Å². The van der Waals surface area contributed by atoms with E-state index in [2.05, 4.69) is 16.7 Å². The van der Waals surface area contributed by atoms with E-state index in [-0.39, 0.29) is 11.5 Å². The van der Waals surface area contributed by atoms with E-state index in [4.69, 9.17) is 17.3 Å². The molecular formula is C34H28ClN3O3. The van der Waals surface area contributed by atoms with Gasteiger partial charge >= 0.3 is 5.97 Å². The molecule has 1 aromatic heterocycles. The molecule has 6 nitrogen and oxygen atoms in total. The van der Waals surface area contributed by atoms with E-state index in [9.17, 15) is 14.7 Å². The molecule has 0 atom stereocenters. The summed E-state index contributed by atoms with van der Waals surface area (Å²) in [6.07, 6.45) is 0.766. The van der Waals surface area contributed by atoms with Gasteiger partial charge in [0.1, 0.15) is 0 Å². The molecule has 6 rings (SSSR count). The Kier molecular flexibility index (Phi) is 7.18. The summed E-state index contributed by atoms with van der Waals surface area (Å²) in [7, 11) is 0. The number of amides is 1. The van der Waals surface area contributed by atoms with Gasteiger partial charge in [0.2, 0.25) is 0 Å². The maximum absolute atomic E-state index is 14.1. The largest absolute Gasteiger partial charge is 0.478 e. The topological polar surface area (TPSA) is 88.6 Å². The third kappa shape index (κ3) is 4.92. The van der Waals surface area contributed by atoms with Gasteiger partial charge in [0.15, 0.2) is 0 Å². The number of carboxylic acids is 1. The Morgan fingerprint density at radius 2 is 1.49 bits per heavy atom. The molecule has 3 N–H and O–H groups in total. The van der Waals surface area contributed by atoms with Crippen LogP contribution < -0.4 is 10.6 Å². The number of carbonyl (C=O) groups is 2. The highest BCUT2D eigenvalue weighted by molar-refractivity contribution is 6.35. The maximum Gasteiger partial charge on any atom is 0.336 e. The number of nitrogens with zero attached hydrogens (tertiary/aromatic N) is 2. The van der Waals surface area contributed by atoms with Crippen molar-refractivity contribution >= 4 is 29.2 Å². The number of carboxylic acid groups (broad SMARTS) is 1. The molecule has 0 spiro atoms. The molecular weight excluding hydrogens is 534 g/mol. The molecule has 0 unspecified atom stereocenters. The molecule has 0 fully saturated rings. The molecule has 0 aliphatic carbocycles. The van der Waals surface area contributed by atoms with Crippen molar-refractivity contribution in [1.29, 1.82) is 0 Å². The van der Waals surface area contributed by atoms with E-state index in [1.54, 1.807) is 35.2 Å². The van der Waals surface area contributed by atoms with Crippen molar-refractivity contribution in [2.45, 2.75) is 19.5 Å². The van der Waals surface area contributed by atoms with Crippen molar-refractivity contribution in [3.63, 3.8) is 0 Å². The summed E-state index contributed by atoms with van der Waals surface area (Å²) < 4.78 is 2.25. The van der Waals surface area contributed by atoms with Gasteiger partial charge in [0.25, 0.3) is 5.91 Å². The van der Waals surface area contributed by atoms with Crippen LogP contribution in [-0.2, 0) is 19.5 Å². The summed E-state index contributed by atoms with van der Waals surface area (Å²) in [6.45, 7) is 1.63. The number of rotatable bonds is 6. The van der Waals surface area contributed by atoms with Crippen molar-refractivity contribution in [3.05, 3.63) is 136 Å². The predicted molar refractivity (Wildman–Crippen MR) is 163 cm³/mol. The van der Waals surface area contributed by atoms with E-state index >= 15 is 0 Å². The first kappa shape index (κ1) is 26.6. The minimum atomic E-state index is -0.992. The molecule has 1 amide bonds. The first-order valence-corrected chi connectivity index (χ1v) is 13.8. The summed E-state index contributed by atoms with van der Waals surface area (Å²) in [5.41, 5.74) is 13.6. The zero-order valence-corrected chi connectivity index (χ0v) is 23.0. The standard InChI is InChI=1S/C34H28ClN3O3/c35-31-19-22(26-8-2-3-9-27(26)28-10-4-5-11-29(28)34(40)41)13-16-30(31)33(39)38-21-25-15-14-24(17-18-36)37(25)20-23-7-1-6-12-32(23)38/h1-16,19H,17-18,20-21,36H2,(H,40,41). The summed E-state index contributed by atoms with van der Waals surface area (Å²) in [4.78, 5) is 27.8. The second-order valence-electron chi connectivity index (χ2n) is 10.1. The minimum Gasteiger partial charge on any atom is -0.478 e. The highest BCUT2D eigenvalue weighted by Gasteiger charge is 2.27. The van der Waals surface area contributed by atoms with Crippen LogP contribution in [0.5, 0.6) is 0 Å². The van der Waals surface area contributed by atoms with Crippen molar-refractivity contribution in [1.82, 2.24) is 4.57 Å². The Morgan fingerprint density at radius 3 is 2.24 bits per heavy atom. The summed E-state index contributed by atoms with van der Waals surface area (Å²) in [6, 6.07) is 32.0. The molecule has 2 heterocycles. The molecule has 41 heavy (non-hydrogen) atoms. The molecule has 0 saturated carbocycles. The van der Waals surface area contributed by atoms with Crippen LogP contribution in [0.3, 0.4) is 0 Å². The molecule has 1 aliphatic heterocycles. The molecule has 1 aliphatic rings. The quantitative estimate of drug-likeness (QED) is 0.236. The number of hydrogen-bond acceptors (Lipinski definition) is 3. The maximum atomic E-state index is 14.1. The van der Waals surface area contributed by atoms with E-state index < -0.39 is 5.97 Å². The van der Waals surface area contributed by atoms with Gasteiger partial charge in [0, 0.05) is 23.6 Å². The Hall–Kier alpha value is -4.65. The number of nitrogens with two attached hydrogens (primary N) is 1. The average molecular weight is 562 g/mol. The van der Waals surface area contributed by atoms with Crippen LogP contribution in [0.1, 0.15) is 37.7 Å². The lowest BCUT2D eigenvalue weighted by atomic mass is 9.91. The zero-order chi connectivity index (χ0) is 28.5. The molecule has 0 bridgehead atoms. The fourth-order valence-electron chi connectivity index (χ4n) is 5.65. The number of halogens is 1. The van der Waals surface area contributed by atoms with E-state index in [1.807, 2.05) is 60.7 Å². The van der Waals surface area contributed by atoms with Crippen LogP contribution in [0.25, 0.3) is 22.3 Å². The minimum absolute atomic E-state index is 0.187. The van der Waals surface area contributed by atoms with Crippen molar-refractivity contribution in [2.24, 2.45) is 5.73 Å². The predicted octanol–water partition coefficient (Wildman–Crippen LogP) is 6.88. The summed E-state index contributed by atoms with van der Waals surface area (Å²) in [5, 5.41) is 10.1. The number of fused-ring (bicyclic) bond motifs is 2. The molecule has 5 aromatic rings. The average Bonchev–Trinajstić information content (AvgIpc) is 3.27. The van der Waals surface area contributed by atoms with Crippen LogP contribution in [-0.4, -0.2) is 28.1 Å². The highest BCUT2D eigenvalue weighted by Crippen LogP contribution is 2.37. The molecule has 0 radical (unpaired) electrons. The van der Waals surface area contributed by atoms with Gasteiger partial charge in [0.05, 0.1) is 22.7 Å². The third-order valence-electron chi connectivity index (χ3n) is 7.62. The normalized spacial score (nSPS) is 12.4. The lowest BCUT2D eigenvalue weighted by molar-refractivity contribution is 0.0697. The van der Waals surface area contributed by atoms with Gasteiger partial charge in [-0.1, -0.05) is 78.3 Å². The van der Waals surface area contributed by atoms with Gasteiger partial charge < -0.3 is 20.3 Å². The Labute approximate surface area is 243 Å². The third-order valence-corrected chi connectivity index (χ3v) is 7.94. The van der Waals surface area contributed by atoms with Crippen molar-refractivity contribution < 1.29 is 14.7 Å². The first-order chi connectivity index (χ1) is 20.0. The van der Waals surface area contributed by atoms with Gasteiger partial charge in [-0.15, -0.1) is 0 Å². The first-order valence-electron chi connectivity index (χ1n) is 13.4. The van der Waals surface area contributed by atoms with Gasteiger partial charge in [-0.2, -0.15) is 0 Å². The molecule has 7 heteroatoms. The Morgan fingerprint density at radius 1 is 0.780 bits per heavy atom. The van der Waals surface area contributed by atoms with Crippen LogP contribution >= 0.6 is 11.6 Å². The summed E-state index contributed by atoms with van der Waals surface area (Å²) >= 11 is 6.83. The Balaban J connectivity index is 1.39. The number of benzene rings is 4. The van der Waals surface area contributed by atoms with E-state index in [0.717, 1.165) is 45.7 Å². The summed E-state index contributed by atoms with van der Waals surface area (Å²) in [5.74, 6) is -1.18. The molecule has 204 valence electrons. The van der Waals surface area contributed by atoms with Gasteiger partial charge in [-0.3, -0.25) is 4.79 Å². The number of para-hydroxylation sites is 1. The monoisotopic (exact) mass is 561 g/mol. The lowest BCUT2D eigenvalue weighted by Gasteiger charge is -2.23. The molecule has 4 aromatic carbocycles. The number of aromatic nitrogens is 1. The van der Waals surface area contributed by atoms with E-state index in [1.165, 1.54) is 0 Å². The second-order valence-corrected chi connectivity index (χ2v) is 10.5. The smallest absolute Gasteiger partial charge is 0.336 e. The Bertz CT molecular complexity index is 1790. The van der Waals surface area contributed by atoms with Crippen LogP contribution in [0.2, 0.25) is 5.02 Å². The second kappa shape index (κ2) is 11.1. The molecule has 0 saturated heterocycles. The van der Waals surface area contributed by atoms with E-state index in [0.29, 0.717) is 35.8 Å². The van der Waals surface area contributed by atoms with Crippen LogP contribution in [0, 0.1) is 0 Å².